The second-order valence-corrected chi connectivity index (χ2v) is 5.28. The van der Waals surface area contributed by atoms with Gasteiger partial charge in [0.15, 0.2) is 0 Å². The molecule has 0 bridgehead atoms. The number of nitrogens with two attached hydrogens (primary N) is 1. The Labute approximate surface area is 123 Å². The number of rotatable bonds is 3. The number of carbonyl (C=O) groups excluding carboxylic acids is 1. The molecule has 1 aromatic carbocycles. The van der Waals surface area contributed by atoms with E-state index in [9.17, 15) is 9.18 Å². The van der Waals surface area contributed by atoms with Gasteiger partial charge in [-0.25, -0.2) is 4.39 Å². The summed E-state index contributed by atoms with van der Waals surface area (Å²) in [6, 6.07) is 4.62. The normalized spacial score (nSPS) is 18.9. The predicted octanol–water partition coefficient (Wildman–Crippen LogP) is 0.867. The van der Waals surface area contributed by atoms with Crippen molar-refractivity contribution in [2.75, 3.05) is 19.7 Å². The van der Waals surface area contributed by atoms with Crippen LogP contribution in [0, 0.1) is 23.6 Å². The molecule has 1 saturated heterocycles. The van der Waals surface area contributed by atoms with Crippen LogP contribution in [-0.4, -0.2) is 35.6 Å². The average molecular weight is 290 g/mol. The SMILES string of the molecule is NC(=O)C1CCCN(Cc2cc(F)cc(C#CCO)c2)C1. The summed E-state index contributed by atoms with van der Waals surface area (Å²) >= 11 is 0. The number of piperidine rings is 1. The van der Waals surface area contributed by atoms with Gasteiger partial charge in [0.25, 0.3) is 0 Å². The first-order valence-electron chi connectivity index (χ1n) is 6.99. The van der Waals surface area contributed by atoms with Crippen LogP contribution in [0.4, 0.5) is 4.39 Å². The fraction of sp³-hybridized carbons (Fsp3) is 0.438. The third-order valence-electron chi connectivity index (χ3n) is 3.58. The number of likely N-dealkylation sites (tertiary alicyclic amines) is 1. The molecule has 5 heteroatoms. The van der Waals surface area contributed by atoms with Gasteiger partial charge in [-0.2, -0.15) is 0 Å². The van der Waals surface area contributed by atoms with Crippen LogP contribution in [0.1, 0.15) is 24.0 Å². The van der Waals surface area contributed by atoms with Crippen molar-refractivity contribution in [3.05, 3.63) is 35.1 Å². The number of benzene rings is 1. The second kappa shape index (κ2) is 7.21. The van der Waals surface area contributed by atoms with Crippen molar-refractivity contribution in [1.82, 2.24) is 4.90 Å². The summed E-state index contributed by atoms with van der Waals surface area (Å²) in [5.41, 5.74) is 6.71. The maximum absolute atomic E-state index is 13.6. The highest BCUT2D eigenvalue weighted by Crippen LogP contribution is 2.19. The van der Waals surface area contributed by atoms with E-state index in [0.29, 0.717) is 18.7 Å². The minimum absolute atomic E-state index is 0.124. The number of aliphatic hydroxyl groups excluding tert-OH is 1. The van der Waals surface area contributed by atoms with Crippen LogP contribution in [0.25, 0.3) is 0 Å². The number of primary amides is 1. The van der Waals surface area contributed by atoms with Crippen LogP contribution in [0.5, 0.6) is 0 Å². The van der Waals surface area contributed by atoms with E-state index in [1.165, 1.54) is 12.1 Å². The van der Waals surface area contributed by atoms with Gasteiger partial charge < -0.3 is 10.8 Å². The third kappa shape index (κ3) is 4.55. The smallest absolute Gasteiger partial charge is 0.221 e. The first kappa shape index (κ1) is 15.5. The molecule has 21 heavy (non-hydrogen) atoms. The number of hydrogen-bond donors (Lipinski definition) is 2. The number of nitrogens with zero attached hydrogens (tertiary/aromatic N) is 1. The highest BCUT2D eigenvalue weighted by molar-refractivity contribution is 5.76. The van der Waals surface area contributed by atoms with E-state index in [0.717, 1.165) is 24.9 Å². The Morgan fingerprint density at radius 2 is 2.29 bits per heavy atom. The van der Waals surface area contributed by atoms with Gasteiger partial charge in [-0.15, -0.1) is 0 Å². The highest BCUT2D eigenvalue weighted by atomic mass is 19.1. The maximum Gasteiger partial charge on any atom is 0.221 e. The van der Waals surface area contributed by atoms with Crippen LogP contribution in [-0.2, 0) is 11.3 Å². The van der Waals surface area contributed by atoms with Gasteiger partial charge >= 0.3 is 0 Å². The third-order valence-corrected chi connectivity index (χ3v) is 3.58. The molecule has 0 saturated carbocycles. The van der Waals surface area contributed by atoms with Gasteiger partial charge in [0.1, 0.15) is 12.4 Å². The monoisotopic (exact) mass is 290 g/mol. The predicted molar refractivity (Wildman–Crippen MR) is 77.6 cm³/mol. The lowest BCUT2D eigenvalue weighted by Gasteiger charge is -2.31. The van der Waals surface area contributed by atoms with Gasteiger partial charge in [0.05, 0.1) is 5.92 Å². The number of halogens is 1. The number of carbonyl (C=O) groups is 1. The zero-order valence-electron chi connectivity index (χ0n) is 11.8. The summed E-state index contributed by atoms with van der Waals surface area (Å²) in [6.45, 7) is 1.80. The average Bonchev–Trinajstić information content (AvgIpc) is 2.45. The van der Waals surface area contributed by atoms with Crippen molar-refractivity contribution in [2.45, 2.75) is 19.4 Å². The topological polar surface area (TPSA) is 66.6 Å². The lowest BCUT2D eigenvalue weighted by atomic mass is 9.97. The van der Waals surface area contributed by atoms with Crippen molar-refractivity contribution >= 4 is 5.91 Å². The van der Waals surface area contributed by atoms with E-state index < -0.39 is 0 Å². The van der Waals surface area contributed by atoms with E-state index in [1.54, 1.807) is 6.07 Å². The summed E-state index contributed by atoms with van der Waals surface area (Å²) in [6.07, 6.45) is 1.74. The zero-order chi connectivity index (χ0) is 15.2. The van der Waals surface area contributed by atoms with Crippen molar-refractivity contribution < 1.29 is 14.3 Å². The molecule has 2 rings (SSSR count). The molecule has 3 N–H and O–H groups in total. The van der Waals surface area contributed by atoms with Crippen LogP contribution in [0.15, 0.2) is 18.2 Å². The lowest BCUT2D eigenvalue weighted by molar-refractivity contribution is -0.123. The standard InChI is InChI=1S/C16H19FN2O2/c17-15-8-12(3-2-6-20)7-13(9-15)10-19-5-1-4-14(11-19)16(18)21/h7-9,14,20H,1,4-6,10-11H2,(H2,18,21). The molecule has 0 aliphatic carbocycles. The van der Waals surface area contributed by atoms with Gasteiger partial charge in [0.2, 0.25) is 5.91 Å². The van der Waals surface area contributed by atoms with E-state index in [2.05, 4.69) is 16.7 Å². The molecule has 0 spiro atoms. The van der Waals surface area contributed by atoms with Gasteiger partial charge in [-0.1, -0.05) is 11.8 Å². The van der Waals surface area contributed by atoms with Crippen molar-refractivity contribution in [3.8, 4) is 11.8 Å². The largest absolute Gasteiger partial charge is 0.384 e. The molecule has 1 aliphatic rings. The first-order valence-corrected chi connectivity index (χ1v) is 6.99. The molecule has 1 heterocycles. The lowest BCUT2D eigenvalue weighted by Crippen LogP contribution is -2.40. The summed E-state index contributed by atoms with van der Waals surface area (Å²) in [5, 5.41) is 8.69. The number of amides is 1. The van der Waals surface area contributed by atoms with Crippen molar-refractivity contribution in [1.29, 1.82) is 0 Å². The Morgan fingerprint density at radius 1 is 1.48 bits per heavy atom. The first-order chi connectivity index (χ1) is 10.1. The maximum atomic E-state index is 13.6. The second-order valence-electron chi connectivity index (χ2n) is 5.28. The van der Waals surface area contributed by atoms with E-state index in [1.807, 2.05) is 0 Å². The van der Waals surface area contributed by atoms with Crippen LogP contribution in [0.2, 0.25) is 0 Å². The quantitative estimate of drug-likeness (QED) is 0.812. The molecule has 0 aromatic heterocycles. The molecule has 0 radical (unpaired) electrons. The molecule has 1 aromatic rings. The van der Waals surface area contributed by atoms with E-state index in [4.69, 9.17) is 10.8 Å². The molecule has 1 amide bonds. The van der Waals surface area contributed by atoms with Crippen LogP contribution < -0.4 is 5.73 Å². The summed E-state index contributed by atoms with van der Waals surface area (Å²) in [7, 11) is 0. The molecule has 112 valence electrons. The molecule has 4 nitrogen and oxygen atoms in total. The van der Waals surface area contributed by atoms with Gasteiger partial charge in [-0.05, 0) is 43.1 Å². The van der Waals surface area contributed by atoms with Crippen LogP contribution >= 0.6 is 0 Å². The molecule has 1 aliphatic heterocycles. The van der Waals surface area contributed by atoms with E-state index >= 15 is 0 Å². The van der Waals surface area contributed by atoms with Gasteiger partial charge in [0, 0.05) is 18.7 Å². The van der Waals surface area contributed by atoms with Crippen molar-refractivity contribution in [3.63, 3.8) is 0 Å². The van der Waals surface area contributed by atoms with Crippen molar-refractivity contribution in [2.24, 2.45) is 11.7 Å². The van der Waals surface area contributed by atoms with Gasteiger partial charge in [-0.3, -0.25) is 9.69 Å². The van der Waals surface area contributed by atoms with Crippen LogP contribution in [0.3, 0.4) is 0 Å². The Hall–Kier alpha value is -1.90. The molecule has 1 fully saturated rings. The highest BCUT2D eigenvalue weighted by Gasteiger charge is 2.23. The molecular formula is C16H19FN2O2. The molecule has 1 atom stereocenters. The minimum Gasteiger partial charge on any atom is -0.384 e. The summed E-state index contributed by atoms with van der Waals surface area (Å²) in [5.74, 6) is 4.47. The summed E-state index contributed by atoms with van der Waals surface area (Å²) < 4.78 is 13.6. The number of hydrogen-bond acceptors (Lipinski definition) is 3. The summed E-state index contributed by atoms with van der Waals surface area (Å²) in [4.78, 5) is 13.4. The van der Waals surface area contributed by atoms with E-state index in [-0.39, 0.29) is 24.2 Å². The Morgan fingerprint density at radius 3 is 3.00 bits per heavy atom. The fourth-order valence-corrected chi connectivity index (χ4v) is 2.65. The molecule has 1 unspecified atom stereocenters. The zero-order valence-corrected chi connectivity index (χ0v) is 11.8. The molecular weight excluding hydrogens is 271 g/mol. The number of aliphatic hydroxyl groups is 1. The minimum atomic E-state index is -0.349. The Bertz CT molecular complexity index is 577. The Balaban J connectivity index is 2.08. The fourth-order valence-electron chi connectivity index (χ4n) is 2.65. The Kier molecular flexibility index (Phi) is 5.32.